The monoisotopic (exact) mass is 189 g/mol. The van der Waals surface area contributed by atoms with Gasteiger partial charge in [-0.2, -0.15) is 0 Å². The van der Waals surface area contributed by atoms with Gasteiger partial charge in [0.15, 0.2) is 7.28 Å². The van der Waals surface area contributed by atoms with Gasteiger partial charge in [0.1, 0.15) is 0 Å². The summed E-state index contributed by atoms with van der Waals surface area (Å²) in [6.45, 7) is 8.65. The molecule has 74 valence electrons. The Morgan fingerprint density at radius 3 is 2.71 bits per heavy atom. The molecule has 3 nitrogen and oxygen atoms in total. The van der Waals surface area contributed by atoms with Crippen LogP contribution in [0.5, 0.6) is 0 Å². The largest absolute Gasteiger partial charge is 0.310 e. The average molecular weight is 189 g/mol. The maximum atomic E-state index is 4.02. The quantitative estimate of drug-likeness (QED) is 0.649. The van der Waals surface area contributed by atoms with Gasteiger partial charge in [0, 0.05) is 0 Å². The number of hydrogen-bond acceptors (Lipinski definition) is 2. The number of nitrogens with zero attached hydrogens (tertiary/aromatic N) is 3. The molecule has 5 heteroatoms. The van der Waals surface area contributed by atoms with Crippen LogP contribution in [0.15, 0.2) is 6.20 Å². The fraction of sp³-hybridized carbons (Fsp3) is 0.778. The fourth-order valence-electron chi connectivity index (χ4n) is 1.18. The van der Waals surface area contributed by atoms with Crippen LogP contribution in [-0.4, -0.2) is 29.6 Å². The van der Waals surface area contributed by atoms with Crippen LogP contribution < -0.4 is 5.59 Å². The molecule has 0 aromatic carbocycles. The van der Waals surface area contributed by atoms with Crippen molar-refractivity contribution in [2.24, 2.45) is 0 Å². The minimum Gasteiger partial charge on any atom is -0.310 e. The Balaban J connectivity index is 2.62. The first kappa shape index (κ1) is 11.3. The Labute approximate surface area is 87.8 Å². The first-order valence-electron chi connectivity index (χ1n) is 5.23. The SMILES string of the molecule is CCC(C)[B]c1cnnn1[B]C(C)C. The molecule has 1 aromatic rings. The highest BCUT2D eigenvalue weighted by Gasteiger charge is 2.11. The Hall–Kier alpha value is -0.730. The summed E-state index contributed by atoms with van der Waals surface area (Å²) in [7, 11) is 4.28. The molecule has 0 N–H and O–H groups in total. The van der Waals surface area contributed by atoms with Crippen molar-refractivity contribution < 1.29 is 0 Å². The second kappa shape index (κ2) is 5.23. The molecule has 0 fully saturated rings. The molecule has 0 aliphatic carbocycles. The zero-order valence-electron chi connectivity index (χ0n) is 9.44. The molecular formula is C9H17B2N3. The molecule has 0 spiro atoms. The van der Waals surface area contributed by atoms with Crippen LogP contribution >= 0.6 is 0 Å². The van der Waals surface area contributed by atoms with Gasteiger partial charge in [-0.15, -0.1) is 5.10 Å². The van der Waals surface area contributed by atoms with Gasteiger partial charge in [-0.05, 0) is 11.4 Å². The molecule has 0 saturated carbocycles. The first-order chi connectivity index (χ1) is 6.63. The lowest BCUT2D eigenvalue weighted by molar-refractivity contribution is 0.846. The smallest absolute Gasteiger partial charge is 0.283 e. The standard InChI is InChI=1S/C9H17B2N3/c1-5-8(4)10-9-6-12-13-14(9)11-7(2)3/h6-8H,5H2,1-4H3. The van der Waals surface area contributed by atoms with Crippen molar-refractivity contribution in [1.82, 2.24) is 14.9 Å². The molecule has 0 aliphatic heterocycles. The van der Waals surface area contributed by atoms with Crippen molar-refractivity contribution in [3.05, 3.63) is 6.20 Å². The lowest BCUT2D eigenvalue weighted by Gasteiger charge is -2.09. The fourth-order valence-corrected chi connectivity index (χ4v) is 1.18. The van der Waals surface area contributed by atoms with Gasteiger partial charge in [0.05, 0.1) is 6.20 Å². The van der Waals surface area contributed by atoms with Crippen molar-refractivity contribution in [2.45, 2.75) is 45.8 Å². The van der Waals surface area contributed by atoms with Crippen molar-refractivity contribution >= 4 is 20.3 Å². The third kappa shape index (κ3) is 3.20. The first-order valence-corrected chi connectivity index (χ1v) is 5.23. The molecule has 0 saturated heterocycles. The summed E-state index contributed by atoms with van der Waals surface area (Å²) >= 11 is 0. The van der Waals surface area contributed by atoms with Gasteiger partial charge in [-0.1, -0.05) is 45.1 Å². The minimum atomic E-state index is 0.487. The van der Waals surface area contributed by atoms with Gasteiger partial charge < -0.3 is 4.59 Å². The summed E-state index contributed by atoms with van der Waals surface area (Å²) in [4.78, 5) is 0. The van der Waals surface area contributed by atoms with Crippen LogP contribution in [-0.2, 0) is 0 Å². The topological polar surface area (TPSA) is 30.7 Å². The van der Waals surface area contributed by atoms with Crippen LogP contribution in [0.2, 0.25) is 11.6 Å². The third-order valence-corrected chi connectivity index (χ3v) is 2.14. The molecule has 1 atom stereocenters. The Kier molecular flexibility index (Phi) is 4.23. The van der Waals surface area contributed by atoms with E-state index in [9.17, 15) is 0 Å². The van der Waals surface area contributed by atoms with Crippen LogP contribution in [0.25, 0.3) is 0 Å². The van der Waals surface area contributed by atoms with E-state index in [0.29, 0.717) is 11.6 Å². The zero-order chi connectivity index (χ0) is 10.6. The highest BCUT2D eigenvalue weighted by atomic mass is 15.4. The summed E-state index contributed by atoms with van der Waals surface area (Å²) in [6, 6.07) is 0. The van der Waals surface area contributed by atoms with Crippen LogP contribution in [0.4, 0.5) is 0 Å². The maximum absolute atomic E-state index is 4.02. The molecule has 2 radical (unpaired) electrons. The Morgan fingerprint density at radius 1 is 1.43 bits per heavy atom. The van der Waals surface area contributed by atoms with Crippen molar-refractivity contribution in [2.75, 3.05) is 0 Å². The lowest BCUT2D eigenvalue weighted by atomic mass is 9.60. The van der Waals surface area contributed by atoms with E-state index < -0.39 is 0 Å². The van der Waals surface area contributed by atoms with Gasteiger partial charge in [-0.25, -0.2) is 0 Å². The predicted octanol–water partition coefficient (Wildman–Crippen LogP) is 1.12. The molecular weight excluding hydrogens is 172 g/mol. The van der Waals surface area contributed by atoms with Crippen molar-refractivity contribution in [3.63, 3.8) is 0 Å². The summed E-state index contributed by atoms with van der Waals surface area (Å²) < 4.78 is 1.86. The van der Waals surface area contributed by atoms with E-state index in [2.05, 4.69) is 52.7 Å². The van der Waals surface area contributed by atoms with E-state index in [-0.39, 0.29) is 0 Å². The third-order valence-electron chi connectivity index (χ3n) is 2.14. The summed E-state index contributed by atoms with van der Waals surface area (Å²) in [5.74, 6) is 1.06. The van der Waals surface area contributed by atoms with Crippen LogP contribution in [0.1, 0.15) is 34.1 Å². The van der Waals surface area contributed by atoms with Crippen LogP contribution in [0, 0.1) is 0 Å². The molecule has 1 rings (SSSR count). The molecule has 0 bridgehead atoms. The number of hydrogen-bond donors (Lipinski definition) is 0. The summed E-state index contributed by atoms with van der Waals surface area (Å²) in [5, 5.41) is 7.94. The van der Waals surface area contributed by atoms with E-state index in [1.54, 1.807) is 0 Å². The molecule has 0 aliphatic rings. The van der Waals surface area contributed by atoms with E-state index in [4.69, 9.17) is 0 Å². The molecule has 1 unspecified atom stereocenters. The van der Waals surface area contributed by atoms with Gasteiger partial charge >= 0.3 is 0 Å². The zero-order valence-corrected chi connectivity index (χ0v) is 9.44. The average Bonchev–Trinajstić information content (AvgIpc) is 2.52. The molecule has 1 aromatic heterocycles. The minimum absolute atomic E-state index is 0.487. The second-order valence-corrected chi connectivity index (χ2v) is 4.05. The Bertz CT molecular complexity index is 273. The van der Waals surface area contributed by atoms with E-state index in [1.165, 1.54) is 0 Å². The van der Waals surface area contributed by atoms with Crippen molar-refractivity contribution in [1.29, 1.82) is 0 Å². The number of aromatic nitrogens is 3. The normalized spacial score (nSPS) is 12.9. The summed E-state index contributed by atoms with van der Waals surface area (Å²) in [5.41, 5.74) is 1.09. The summed E-state index contributed by atoms with van der Waals surface area (Å²) in [6.07, 6.45) is 2.96. The van der Waals surface area contributed by atoms with Crippen molar-refractivity contribution in [3.8, 4) is 0 Å². The highest BCUT2D eigenvalue weighted by Crippen LogP contribution is 2.05. The van der Waals surface area contributed by atoms with E-state index >= 15 is 0 Å². The predicted molar refractivity (Wildman–Crippen MR) is 61.4 cm³/mol. The highest BCUT2D eigenvalue weighted by molar-refractivity contribution is 6.56. The van der Waals surface area contributed by atoms with E-state index in [1.807, 2.05) is 10.8 Å². The van der Waals surface area contributed by atoms with Gasteiger partial charge in [-0.3, -0.25) is 0 Å². The van der Waals surface area contributed by atoms with Gasteiger partial charge in [0.25, 0.3) is 7.41 Å². The second-order valence-electron chi connectivity index (χ2n) is 4.05. The van der Waals surface area contributed by atoms with Crippen LogP contribution in [0.3, 0.4) is 0 Å². The molecule has 14 heavy (non-hydrogen) atoms. The maximum Gasteiger partial charge on any atom is 0.283 e. The number of rotatable bonds is 5. The molecule has 0 amide bonds. The molecule has 1 heterocycles. The Morgan fingerprint density at radius 2 is 2.14 bits per heavy atom. The van der Waals surface area contributed by atoms with E-state index in [0.717, 1.165) is 12.0 Å². The lowest BCUT2D eigenvalue weighted by Crippen LogP contribution is -2.31. The van der Waals surface area contributed by atoms with Gasteiger partial charge in [0.2, 0.25) is 0 Å².